The fraction of sp³-hybridized carbons (Fsp3) is 0.0435. The van der Waals surface area contributed by atoms with E-state index in [9.17, 15) is 0 Å². The predicted molar refractivity (Wildman–Crippen MR) is 102 cm³/mol. The van der Waals surface area contributed by atoms with Crippen LogP contribution < -0.4 is 0 Å². The Kier molecular flexibility index (Phi) is 2.97. The minimum Gasteiger partial charge on any atom is -0.152 e. The van der Waals surface area contributed by atoms with Crippen LogP contribution in [0.1, 0.15) is 22.3 Å². The SMILES string of the molecule is c1ccc(C2(c3ccsc3)c3ccccc3-c3ccccc32)cc1. The molecule has 24 heavy (non-hydrogen) atoms. The first-order valence-electron chi connectivity index (χ1n) is 8.20. The number of rotatable bonds is 2. The molecule has 0 saturated heterocycles. The molecule has 1 aliphatic rings. The van der Waals surface area contributed by atoms with Crippen molar-refractivity contribution in [1.29, 1.82) is 0 Å². The van der Waals surface area contributed by atoms with E-state index in [2.05, 4.69) is 95.7 Å². The van der Waals surface area contributed by atoms with E-state index in [0.29, 0.717) is 0 Å². The average Bonchev–Trinajstić information content (AvgIpc) is 3.28. The van der Waals surface area contributed by atoms with Gasteiger partial charge in [-0.05, 0) is 50.2 Å². The minimum atomic E-state index is -0.214. The summed E-state index contributed by atoms with van der Waals surface area (Å²) in [6.07, 6.45) is 0. The Labute approximate surface area is 146 Å². The van der Waals surface area contributed by atoms with Crippen LogP contribution in [0.3, 0.4) is 0 Å². The topological polar surface area (TPSA) is 0 Å². The Morgan fingerprint density at radius 3 is 1.71 bits per heavy atom. The molecule has 0 nitrogen and oxygen atoms in total. The molecule has 0 radical (unpaired) electrons. The van der Waals surface area contributed by atoms with Gasteiger partial charge in [-0.2, -0.15) is 11.3 Å². The molecule has 0 atom stereocenters. The summed E-state index contributed by atoms with van der Waals surface area (Å²) in [4.78, 5) is 0. The van der Waals surface area contributed by atoms with Crippen LogP contribution in [0.4, 0.5) is 0 Å². The maximum atomic E-state index is 2.30. The molecule has 1 heterocycles. The largest absolute Gasteiger partial charge is 0.152 e. The second-order valence-corrected chi connectivity index (χ2v) is 7.00. The maximum absolute atomic E-state index is 2.30. The highest BCUT2D eigenvalue weighted by Crippen LogP contribution is 2.56. The van der Waals surface area contributed by atoms with Crippen molar-refractivity contribution in [2.75, 3.05) is 0 Å². The zero-order chi connectivity index (χ0) is 16.0. The normalized spacial score (nSPS) is 14.2. The van der Waals surface area contributed by atoms with E-state index in [-0.39, 0.29) is 5.41 Å². The van der Waals surface area contributed by atoms with Crippen molar-refractivity contribution in [2.45, 2.75) is 5.41 Å². The molecule has 0 saturated carbocycles. The van der Waals surface area contributed by atoms with E-state index in [1.165, 1.54) is 33.4 Å². The van der Waals surface area contributed by atoms with E-state index in [1.807, 2.05) is 0 Å². The molecule has 5 rings (SSSR count). The van der Waals surface area contributed by atoms with Crippen LogP contribution in [-0.2, 0) is 5.41 Å². The molecular formula is C23H16S. The lowest BCUT2D eigenvalue weighted by Gasteiger charge is -2.32. The van der Waals surface area contributed by atoms with E-state index >= 15 is 0 Å². The van der Waals surface area contributed by atoms with E-state index in [0.717, 1.165) is 0 Å². The van der Waals surface area contributed by atoms with Gasteiger partial charge in [0.2, 0.25) is 0 Å². The van der Waals surface area contributed by atoms with E-state index in [4.69, 9.17) is 0 Å². The van der Waals surface area contributed by atoms with Gasteiger partial charge in [-0.25, -0.2) is 0 Å². The van der Waals surface area contributed by atoms with Crippen LogP contribution in [0.5, 0.6) is 0 Å². The predicted octanol–water partition coefficient (Wildman–Crippen LogP) is 6.11. The molecule has 0 amide bonds. The molecule has 0 bridgehead atoms. The monoisotopic (exact) mass is 324 g/mol. The second-order valence-electron chi connectivity index (χ2n) is 6.22. The van der Waals surface area contributed by atoms with Crippen LogP contribution in [0.2, 0.25) is 0 Å². The van der Waals surface area contributed by atoms with Crippen molar-refractivity contribution in [3.05, 3.63) is 118 Å². The molecule has 3 aromatic carbocycles. The van der Waals surface area contributed by atoms with Gasteiger partial charge >= 0.3 is 0 Å². The fourth-order valence-corrected chi connectivity index (χ4v) is 4.90. The van der Waals surface area contributed by atoms with Crippen molar-refractivity contribution in [2.24, 2.45) is 0 Å². The Bertz CT molecular complexity index is 952. The zero-order valence-electron chi connectivity index (χ0n) is 13.1. The second kappa shape index (κ2) is 5.19. The van der Waals surface area contributed by atoms with Gasteiger partial charge in [0.05, 0.1) is 5.41 Å². The molecule has 0 fully saturated rings. The summed E-state index contributed by atoms with van der Waals surface area (Å²) in [5, 5.41) is 4.48. The molecule has 114 valence electrons. The van der Waals surface area contributed by atoms with Gasteiger partial charge in [-0.15, -0.1) is 0 Å². The van der Waals surface area contributed by atoms with Crippen molar-refractivity contribution in [1.82, 2.24) is 0 Å². The third kappa shape index (κ3) is 1.68. The van der Waals surface area contributed by atoms with Crippen LogP contribution in [0.15, 0.2) is 95.7 Å². The number of benzene rings is 3. The summed E-state index contributed by atoms with van der Waals surface area (Å²) in [5.41, 5.74) is 7.95. The van der Waals surface area contributed by atoms with E-state index in [1.54, 1.807) is 11.3 Å². The molecule has 0 spiro atoms. The third-order valence-electron chi connectivity index (χ3n) is 5.11. The minimum absolute atomic E-state index is 0.214. The number of fused-ring (bicyclic) bond motifs is 3. The standard InChI is InChI=1S/C23H16S/c1-2-8-17(9-3-1)23(18-14-15-24-16-18)21-12-6-4-10-19(21)20-11-5-7-13-22(20)23/h1-16H. The van der Waals surface area contributed by atoms with Crippen molar-refractivity contribution >= 4 is 11.3 Å². The van der Waals surface area contributed by atoms with Crippen molar-refractivity contribution < 1.29 is 0 Å². The van der Waals surface area contributed by atoms with Crippen LogP contribution in [0, 0.1) is 0 Å². The smallest absolute Gasteiger partial charge is 0.0721 e. The average molecular weight is 324 g/mol. The molecule has 1 aliphatic carbocycles. The molecule has 1 aromatic heterocycles. The Morgan fingerprint density at radius 2 is 1.12 bits per heavy atom. The summed E-state index contributed by atoms with van der Waals surface area (Å²) in [6, 6.07) is 30.9. The van der Waals surface area contributed by atoms with Gasteiger partial charge in [-0.1, -0.05) is 78.9 Å². The highest BCUT2D eigenvalue weighted by Gasteiger charge is 2.45. The summed E-state index contributed by atoms with van der Waals surface area (Å²) < 4.78 is 0. The molecular weight excluding hydrogens is 308 g/mol. The molecule has 4 aromatic rings. The maximum Gasteiger partial charge on any atom is 0.0721 e. The number of thiophene rings is 1. The first kappa shape index (κ1) is 13.8. The lowest BCUT2D eigenvalue weighted by molar-refractivity contribution is 0.772. The summed E-state index contributed by atoms with van der Waals surface area (Å²) in [6.45, 7) is 0. The van der Waals surface area contributed by atoms with Crippen molar-refractivity contribution in [3.8, 4) is 11.1 Å². The lowest BCUT2D eigenvalue weighted by Crippen LogP contribution is -2.27. The molecule has 1 heteroatoms. The van der Waals surface area contributed by atoms with Gasteiger partial charge in [-0.3, -0.25) is 0 Å². The highest BCUT2D eigenvalue weighted by molar-refractivity contribution is 7.08. The quantitative estimate of drug-likeness (QED) is 0.367. The number of hydrogen-bond donors (Lipinski definition) is 0. The van der Waals surface area contributed by atoms with Crippen LogP contribution in [-0.4, -0.2) is 0 Å². The molecule has 0 unspecified atom stereocenters. The Hall–Kier alpha value is -2.64. The first-order chi connectivity index (χ1) is 11.9. The summed E-state index contributed by atoms with van der Waals surface area (Å²) in [5.74, 6) is 0. The third-order valence-corrected chi connectivity index (χ3v) is 5.80. The highest BCUT2D eigenvalue weighted by atomic mass is 32.1. The summed E-state index contributed by atoms with van der Waals surface area (Å²) in [7, 11) is 0. The number of hydrogen-bond acceptors (Lipinski definition) is 1. The fourth-order valence-electron chi connectivity index (χ4n) is 4.19. The Morgan fingerprint density at radius 1 is 0.542 bits per heavy atom. The van der Waals surface area contributed by atoms with Crippen LogP contribution >= 0.6 is 11.3 Å². The zero-order valence-corrected chi connectivity index (χ0v) is 14.0. The summed E-state index contributed by atoms with van der Waals surface area (Å²) >= 11 is 1.77. The lowest BCUT2D eigenvalue weighted by atomic mass is 9.68. The van der Waals surface area contributed by atoms with Gasteiger partial charge in [0, 0.05) is 0 Å². The van der Waals surface area contributed by atoms with Gasteiger partial charge in [0.15, 0.2) is 0 Å². The van der Waals surface area contributed by atoms with Crippen molar-refractivity contribution in [3.63, 3.8) is 0 Å². The first-order valence-corrected chi connectivity index (χ1v) is 9.14. The van der Waals surface area contributed by atoms with Gasteiger partial charge in [0.25, 0.3) is 0 Å². The van der Waals surface area contributed by atoms with E-state index < -0.39 is 0 Å². The van der Waals surface area contributed by atoms with Gasteiger partial charge in [0.1, 0.15) is 0 Å². The van der Waals surface area contributed by atoms with Gasteiger partial charge < -0.3 is 0 Å². The molecule has 0 aliphatic heterocycles. The molecule has 0 N–H and O–H groups in total. The Balaban J connectivity index is 1.98. The van der Waals surface area contributed by atoms with Crippen LogP contribution in [0.25, 0.3) is 11.1 Å².